The standard InChI is InChI=1S/C14H9Cl2F3N2O.C14H11N3OS/c15-11-5-9(14(17,18)19)6-12(16)13(11)21-20-7-8-1-3-10(22)4-2-8;18-11-7-5-10(6-8-11)9-15-17-14-16-12-3-1-2-4-13(12)19-14/h1-7,21-22H;1-9,18H,(H,16,17)/b20-7+;15-9+. The number of benzene rings is 4. The van der Waals surface area contributed by atoms with E-state index in [-0.39, 0.29) is 27.2 Å². The van der Waals surface area contributed by atoms with Gasteiger partial charge in [-0.15, -0.1) is 0 Å². The number of nitrogens with zero attached hydrogens (tertiary/aromatic N) is 3. The van der Waals surface area contributed by atoms with Crippen molar-refractivity contribution in [1.29, 1.82) is 0 Å². The van der Waals surface area contributed by atoms with Crippen molar-refractivity contribution < 1.29 is 23.4 Å². The molecule has 0 radical (unpaired) electrons. The monoisotopic (exact) mass is 617 g/mol. The van der Waals surface area contributed by atoms with Gasteiger partial charge in [0.15, 0.2) is 0 Å². The Morgan fingerprint density at radius 1 is 0.756 bits per heavy atom. The second-order valence-electron chi connectivity index (χ2n) is 8.22. The van der Waals surface area contributed by atoms with Crippen molar-refractivity contribution in [2.45, 2.75) is 6.18 Å². The molecule has 13 heteroatoms. The van der Waals surface area contributed by atoms with Gasteiger partial charge in [0, 0.05) is 0 Å². The summed E-state index contributed by atoms with van der Waals surface area (Å²) in [7, 11) is 0. The first kappa shape index (κ1) is 29.7. The Morgan fingerprint density at radius 2 is 1.27 bits per heavy atom. The number of nitrogens with one attached hydrogen (secondary N) is 2. The maximum absolute atomic E-state index is 12.6. The molecule has 1 aromatic heterocycles. The number of phenolic OH excluding ortho intramolecular Hbond substituents is 2. The third-order valence-electron chi connectivity index (χ3n) is 5.21. The number of thiazole rings is 1. The molecule has 0 saturated carbocycles. The third-order valence-corrected chi connectivity index (χ3v) is 6.75. The number of anilines is 2. The second-order valence-corrected chi connectivity index (χ2v) is 10.1. The highest BCUT2D eigenvalue weighted by Crippen LogP contribution is 2.38. The van der Waals surface area contributed by atoms with Crippen LogP contribution in [0.4, 0.5) is 24.0 Å². The maximum atomic E-state index is 12.6. The van der Waals surface area contributed by atoms with E-state index in [9.17, 15) is 18.3 Å². The SMILES string of the molecule is Oc1ccc(/C=N/Nc2c(Cl)cc(C(F)(F)F)cc2Cl)cc1.Oc1ccc(/C=N/Nc2nc3ccccc3s2)cc1. The zero-order valence-corrected chi connectivity index (χ0v) is 23.1. The number of rotatable bonds is 6. The fraction of sp³-hybridized carbons (Fsp3) is 0.0357. The number of phenols is 2. The molecule has 0 aliphatic heterocycles. The van der Waals surface area contributed by atoms with E-state index in [1.807, 2.05) is 24.3 Å². The lowest BCUT2D eigenvalue weighted by molar-refractivity contribution is -0.137. The number of aromatic nitrogens is 1. The van der Waals surface area contributed by atoms with Gasteiger partial charge < -0.3 is 10.2 Å². The van der Waals surface area contributed by atoms with Gasteiger partial charge in [0.1, 0.15) is 11.5 Å². The lowest BCUT2D eigenvalue weighted by Gasteiger charge is -2.11. The van der Waals surface area contributed by atoms with Crippen LogP contribution in [0.3, 0.4) is 0 Å². The molecule has 5 rings (SSSR count). The van der Waals surface area contributed by atoms with Gasteiger partial charge in [-0.25, -0.2) is 4.98 Å². The van der Waals surface area contributed by atoms with Gasteiger partial charge in [-0.1, -0.05) is 46.7 Å². The summed E-state index contributed by atoms with van der Waals surface area (Å²) in [6.45, 7) is 0. The lowest BCUT2D eigenvalue weighted by Crippen LogP contribution is -2.05. The summed E-state index contributed by atoms with van der Waals surface area (Å²) in [6, 6.07) is 22.5. The summed E-state index contributed by atoms with van der Waals surface area (Å²) in [4.78, 5) is 4.41. The van der Waals surface area contributed by atoms with Crippen molar-refractivity contribution in [2.75, 3.05) is 10.9 Å². The molecule has 4 N–H and O–H groups in total. The number of alkyl halides is 3. The minimum atomic E-state index is -4.53. The first-order valence-corrected chi connectivity index (χ1v) is 13.2. The van der Waals surface area contributed by atoms with Crippen molar-refractivity contribution in [3.05, 3.63) is 112 Å². The molecule has 0 amide bonds. The van der Waals surface area contributed by atoms with Crippen LogP contribution in [0, 0.1) is 0 Å². The number of halogens is 5. The molecule has 0 bridgehead atoms. The molecule has 0 fully saturated rings. The Kier molecular flexibility index (Phi) is 9.66. The lowest BCUT2D eigenvalue weighted by atomic mass is 10.2. The number of fused-ring (bicyclic) bond motifs is 1. The fourth-order valence-electron chi connectivity index (χ4n) is 3.22. The zero-order valence-electron chi connectivity index (χ0n) is 20.8. The van der Waals surface area contributed by atoms with Gasteiger partial charge >= 0.3 is 6.18 Å². The highest BCUT2D eigenvalue weighted by molar-refractivity contribution is 7.22. The van der Waals surface area contributed by atoms with Crippen molar-refractivity contribution >= 4 is 68.0 Å². The van der Waals surface area contributed by atoms with Crippen LogP contribution >= 0.6 is 34.5 Å². The smallest absolute Gasteiger partial charge is 0.416 e. The highest BCUT2D eigenvalue weighted by Gasteiger charge is 2.32. The molecule has 4 aromatic carbocycles. The Morgan fingerprint density at radius 3 is 1.78 bits per heavy atom. The number of aromatic hydroxyl groups is 2. The topological polar surface area (TPSA) is 102 Å². The average molecular weight is 618 g/mol. The van der Waals surface area contributed by atoms with E-state index >= 15 is 0 Å². The van der Waals surface area contributed by atoms with Crippen LogP contribution in [0.1, 0.15) is 16.7 Å². The molecule has 5 aromatic rings. The summed E-state index contributed by atoms with van der Waals surface area (Å²) >= 11 is 13.1. The van der Waals surface area contributed by atoms with Crippen LogP contribution in [-0.4, -0.2) is 27.6 Å². The quantitative estimate of drug-likeness (QED) is 0.113. The minimum Gasteiger partial charge on any atom is -0.508 e. The molecule has 0 spiro atoms. The predicted octanol–water partition coefficient (Wildman–Crippen LogP) is 8.61. The van der Waals surface area contributed by atoms with Crippen LogP contribution in [0.2, 0.25) is 10.0 Å². The normalized spacial score (nSPS) is 11.5. The minimum absolute atomic E-state index is 0.0753. The van der Waals surface area contributed by atoms with E-state index in [0.29, 0.717) is 5.56 Å². The summed E-state index contributed by atoms with van der Waals surface area (Å²) in [5.41, 5.74) is 7.10. The van der Waals surface area contributed by atoms with Crippen LogP contribution < -0.4 is 10.9 Å². The molecular formula is C28H20Cl2F3N5O2S. The molecule has 0 aliphatic rings. The Balaban J connectivity index is 0.000000191. The summed E-state index contributed by atoms with van der Waals surface area (Å²) < 4.78 is 38.9. The number of hydrogen-bond acceptors (Lipinski definition) is 8. The Bertz CT molecular complexity index is 1620. The number of hydrogen-bond donors (Lipinski definition) is 4. The molecule has 210 valence electrons. The van der Waals surface area contributed by atoms with Gasteiger partial charge in [-0.2, -0.15) is 23.4 Å². The molecule has 1 heterocycles. The Hall–Kier alpha value is -4.32. The first-order chi connectivity index (χ1) is 19.6. The zero-order chi connectivity index (χ0) is 29.4. The fourth-order valence-corrected chi connectivity index (χ4v) is 4.60. The van der Waals surface area contributed by atoms with Crippen LogP contribution in [-0.2, 0) is 6.18 Å². The largest absolute Gasteiger partial charge is 0.508 e. The number of hydrazone groups is 2. The summed E-state index contributed by atoms with van der Waals surface area (Å²) in [5, 5.41) is 26.7. The van der Waals surface area contributed by atoms with Crippen molar-refractivity contribution in [3.8, 4) is 11.5 Å². The maximum Gasteiger partial charge on any atom is 0.416 e. The van der Waals surface area contributed by atoms with E-state index in [2.05, 4.69) is 26.0 Å². The summed E-state index contributed by atoms with van der Waals surface area (Å²) in [6.07, 6.45) is -1.43. The van der Waals surface area contributed by atoms with Crippen molar-refractivity contribution in [2.24, 2.45) is 10.2 Å². The van der Waals surface area contributed by atoms with E-state index in [4.69, 9.17) is 28.3 Å². The molecule has 0 atom stereocenters. The molecule has 7 nitrogen and oxygen atoms in total. The molecule has 0 unspecified atom stereocenters. The van der Waals surface area contributed by atoms with E-state index in [0.717, 1.165) is 33.0 Å². The van der Waals surface area contributed by atoms with Gasteiger partial charge in [0.2, 0.25) is 5.13 Å². The third kappa shape index (κ3) is 8.58. The van der Waals surface area contributed by atoms with Gasteiger partial charge in [-0.3, -0.25) is 10.9 Å². The second kappa shape index (κ2) is 13.4. The first-order valence-electron chi connectivity index (χ1n) is 11.7. The molecular weight excluding hydrogens is 598 g/mol. The van der Waals surface area contributed by atoms with Gasteiger partial charge in [-0.05, 0) is 83.9 Å². The van der Waals surface area contributed by atoms with Crippen LogP contribution in [0.5, 0.6) is 11.5 Å². The predicted molar refractivity (Wildman–Crippen MR) is 160 cm³/mol. The highest BCUT2D eigenvalue weighted by atomic mass is 35.5. The van der Waals surface area contributed by atoms with Crippen molar-refractivity contribution in [1.82, 2.24) is 4.98 Å². The van der Waals surface area contributed by atoms with E-state index < -0.39 is 11.7 Å². The molecule has 0 aliphatic carbocycles. The molecule has 0 saturated heterocycles. The van der Waals surface area contributed by atoms with Crippen LogP contribution in [0.25, 0.3) is 10.2 Å². The molecule has 41 heavy (non-hydrogen) atoms. The van der Waals surface area contributed by atoms with Crippen molar-refractivity contribution in [3.63, 3.8) is 0 Å². The van der Waals surface area contributed by atoms with Gasteiger partial charge in [0.25, 0.3) is 0 Å². The van der Waals surface area contributed by atoms with E-state index in [1.54, 1.807) is 53.9 Å². The number of para-hydroxylation sites is 1. The van der Waals surface area contributed by atoms with Crippen LogP contribution in [0.15, 0.2) is 95.1 Å². The van der Waals surface area contributed by atoms with E-state index in [1.165, 1.54) is 18.3 Å². The summed E-state index contributed by atoms with van der Waals surface area (Å²) in [5.74, 6) is 0.357. The Labute approximate surface area is 246 Å². The van der Waals surface area contributed by atoms with Gasteiger partial charge in [0.05, 0.1) is 43.9 Å². The average Bonchev–Trinajstić information content (AvgIpc) is 3.35.